The van der Waals surface area contributed by atoms with Gasteiger partial charge in [0.25, 0.3) is 0 Å². The van der Waals surface area contributed by atoms with Crippen LogP contribution >= 0.6 is 0 Å². The molecule has 0 aliphatic heterocycles. The van der Waals surface area contributed by atoms with E-state index in [1.54, 1.807) is 6.20 Å². The predicted octanol–water partition coefficient (Wildman–Crippen LogP) is 2.21. The maximum Gasteiger partial charge on any atom is 0.200 e. The molecule has 2 aromatic heterocycles. The number of aromatic nitrogens is 2. The van der Waals surface area contributed by atoms with Crippen LogP contribution in [0.2, 0.25) is 0 Å². The van der Waals surface area contributed by atoms with Gasteiger partial charge in [-0.3, -0.25) is 0 Å². The summed E-state index contributed by atoms with van der Waals surface area (Å²) in [5.74, 6) is 1.26. The van der Waals surface area contributed by atoms with Crippen LogP contribution in [0, 0.1) is 0 Å². The summed E-state index contributed by atoms with van der Waals surface area (Å²) in [6.45, 7) is 0. The molecule has 1 aliphatic rings. The van der Waals surface area contributed by atoms with Crippen molar-refractivity contribution in [2.24, 2.45) is 5.73 Å². The van der Waals surface area contributed by atoms with Crippen molar-refractivity contribution in [1.29, 1.82) is 0 Å². The van der Waals surface area contributed by atoms with Crippen LogP contribution in [0.4, 0.5) is 0 Å². The van der Waals surface area contributed by atoms with Crippen molar-refractivity contribution in [2.45, 2.75) is 37.6 Å². The Hall–Kier alpha value is -1.42. The van der Waals surface area contributed by atoms with Gasteiger partial charge in [0.05, 0.1) is 0 Å². The topological polar surface area (TPSA) is 64.9 Å². The molecule has 2 aromatic rings. The first-order valence-corrected chi connectivity index (χ1v) is 5.80. The van der Waals surface area contributed by atoms with Gasteiger partial charge in [0.15, 0.2) is 17.1 Å². The highest BCUT2D eigenvalue weighted by Crippen LogP contribution is 2.32. The fourth-order valence-corrected chi connectivity index (χ4v) is 2.33. The predicted molar refractivity (Wildman–Crippen MR) is 61.0 cm³/mol. The zero-order valence-corrected chi connectivity index (χ0v) is 9.10. The Balaban J connectivity index is 1.88. The van der Waals surface area contributed by atoms with Crippen LogP contribution in [0.15, 0.2) is 22.7 Å². The molecule has 4 nitrogen and oxygen atoms in total. The minimum Gasteiger partial charge on any atom is -0.439 e. The molecule has 0 saturated heterocycles. The molecule has 1 fully saturated rings. The van der Waals surface area contributed by atoms with E-state index in [0.717, 1.165) is 37.2 Å². The highest BCUT2D eigenvalue weighted by atomic mass is 16.3. The van der Waals surface area contributed by atoms with Crippen molar-refractivity contribution in [1.82, 2.24) is 9.97 Å². The Kier molecular flexibility index (Phi) is 2.36. The van der Waals surface area contributed by atoms with Gasteiger partial charge in [0.2, 0.25) is 0 Å². The molecule has 0 bridgehead atoms. The summed E-state index contributed by atoms with van der Waals surface area (Å²) in [6, 6.07) is 4.14. The average molecular weight is 217 g/mol. The first-order valence-electron chi connectivity index (χ1n) is 5.80. The first kappa shape index (κ1) is 9.78. The monoisotopic (exact) mass is 217 g/mol. The van der Waals surface area contributed by atoms with E-state index in [2.05, 4.69) is 9.97 Å². The minimum atomic E-state index is 0.360. The van der Waals surface area contributed by atoms with E-state index in [-0.39, 0.29) is 0 Å². The van der Waals surface area contributed by atoms with E-state index in [1.165, 1.54) is 0 Å². The van der Waals surface area contributed by atoms with Gasteiger partial charge in [-0.25, -0.2) is 4.98 Å². The second-order valence-electron chi connectivity index (χ2n) is 4.49. The van der Waals surface area contributed by atoms with Crippen molar-refractivity contribution < 1.29 is 4.42 Å². The number of fused-ring (bicyclic) bond motifs is 1. The molecule has 0 unspecified atom stereocenters. The van der Waals surface area contributed by atoms with E-state index in [1.807, 2.05) is 12.1 Å². The zero-order valence-electron chi connectivity index (χ0n) is 9.10. The van der Waals surface area contributed by atoms with Crippen LogP contribution < -0.4 is 5.73 Å². The minimum absolute atomic E-state index is 0.360. The lowest BCUT2D eigenvalue weighted by molar-refractivity contribution is 0.346. The Bertz CT molecular complexity index is 453. The quantitative estimate of drug-likeness (QED) is 0.795. The van der Waals surface area contributed by atoms with E-state index in [9.17, 15) is 0 Å². The molecule has 0 atom stereocenters. The van der Waals surface area contributed by atoms with Crippen LogP contribution in [0.1, 0.15) is 37.5 Å². The van der Waals surface area contributed by atoms with Gasteiger partial charge in [0.1, 0.15) is 0 Å². The van der Waals surface area contributed by atoms with Crippen LogP contribution in [0.25, 0.3) is 11.2 Å². The van der Waals surface area contributed by atoms with Gasteiger partial charge in [-0.1, -0.05) is 0 Å². The summed E-state index contributed by atoms with van der Waals surface area (Å²) < 4.78 is 5.73. The van der Waals surface area contributed by atoms with Gasteiger partial charge < -0.3 is 10.2 Å². The molecule has 3 rings (SSSR count). The summed E-state index contributed by atoms with van der Waals surface area (Å²) in [5, 5.41) is 0. The summed E-state index contributed by atoms with van der Waals surface area (Å²) >= 11 is 0. The Labute approximate surface area is 93.9 Å². The molecule has 0 radical (unpaired) electrons. The van der Waals surface area contributed by atoms with Gasteiger partial charge in [-0.05, 0) is 37.8 Å². The molecular formula is C12H15N3O. The molecule has 1 aliphatic carbocycles. The Morgan fingerprint density at radius 2 is 2.06 bits per heavy atom. The Morgan fingerprint density at radius 1 is 1.25 bits per heavy atom. The summed E-state index contributed by atoms with van der Waals surface area (Å²) in [5.41, 5.74) is 7.39. The van der Waals surface area contributed by atoms with Crippen molar-refractivity contribution in [2.75, 3.05) is 0 Å². The lowest BCUT2D eigenvalue weighted by atomic mass is 9.86. The molecular weight excluding hydrogens is 202 g/mol. The van der Waals surface area contributed by atoms with Crippen molar-refractivity contribution >= 4 is 11.2 Å². The first-order chi connectivity index (χ1) is 7.83. The second-order valence-corrected chi connectivity index (χ2v) is 4.49. The number of nitrogens with two attached hydrogens (primary N) is 1. The SMILES string of the molecule is NC1CCC(c2nc3ncccc3o2)CC1. The van der Waals surface area contributed by atoms with Gasteiger partial charge in [0, 0.05) is 18.2 Å². The van der Waals surface area contributed by atoms with Gasteiger partial charge in [-0.2, -0.15) is 4.98 Å². The molecule has 16 heavy (non-hydrogen) atoms. The van der Waals surface area contributed by atoms with Crippen LogP contribution in [-0.2, 0) is 0 Å². The maximum atomic E-state index is 5.89. The van der Waals surface area contributed by atoms with Crippen molar-refractivity contribution in [3.8, 4) is 0 Å². The molecule has 2 N–H and O–H groups in total. The summed E-state index contributed by atoms with van der Waals surface area (Å²) in [4.78, 5) is 8.62. The average Bonchev–Trinajstić information content (AvgIpc) is 2.73. The number of oxazole rings is 1. The molecule has 84 valence electrons. The molecule has 4 heteroatoms. The van der Waals surface area contributed by atoms with E-state index < -0.39 is 0 Å². The molecule has 2 heterocycles. The second kappa shape index (κ2) is 3.87. The third kappa shape index (κ3) is 1.69. The standard InChI is InChI=1S/C12H15N3O/c13-9-5-3-8(4-6-9)12-15-11-10(16-12)2-1-7-14-11/h1-2,7-9H,3-6,13H2. The number of hydrogen-bond acceptors (Lipinski definition) is 4. The number of pyridine rings is 1. The van der Waals surface area contributed by atoms with Crippen molar-refractivity contribution in [3.05, 3.63) is 24.2 Å². The fraction of sp³-hybridized carbons (Fsp3) is 0.500. The fourth-order valence-electron chi connectivity index (χ4n) is 2.33. The van der Waals surface area contributed by atoms with Gasteiger partial charge >= 0.3 is 0 Å². The summed E-state index contributed by atoms with van der Waals surface area (Å²) in [6.07, 6.45) is 6.03. The number of nitrogens with zero attached hydrogens (tertiary/aromatic N) is 2. The van der Waals surface area contributed by atoms with E-state index in [4.69, 9.17) is 10.2 Å². The molecule has 0 aromatic carbocycles. The third-order valence-corrected chi connectivity index (χ3v) is 3.30. The van der Waals surface area contributed by atoms with Crippen molar-refractivity contribution in [3.63, 3.8) is 0 Å². The maximum absolute atomic E-state index is 5.89. The molecule has 1 saturated carbocycles. The lowest BCUT2D eigenvalue weighted by Gasteiger charge is -2.23. The van der Waals surface area contributed by atoms with Gasteiger partial charge in [-0.15, -0.1) is 0 Å². The normalized spacial score (nSPS) is 26.1. The smallest absolute Gasteiger partial charge is 0.200 e. The lowest BCUT2D eigenvalue weighted by Crippen LogP contribution is -2.25. The Morgan fingerprint density at radius 3 is 2.81 bits per heavy atom. The third-order valence-electron chi connectivity index (χ3n) is 3.30. The largest absolute Gasteiger partial charge is 0.439 e. The number of rotatable bonds is 1. The van der Waals surface area contributed by atoms with Crippen LogP contribution in [0.5, 0.6) is 0 Å². The van der Waals surface area contributed by atoms with E-state index in [0.29, 0.717) is 17.6 Å². The van der Waals surface area contributed by atoms with Crippen LogP contribution in [0.3, 0.4) is 0 Å². The van der Waals surface area contributed by atoms with Crippen LogP contribution in [-0.4, -0.2) is 16.0 Å². The summed E-state index contributed by atoms with van der Waals surface area (Å²) in [7, 11) is 0. The molecule has 0 spiro atoms. The number of hydrogen-bond donors (Lipinski definition) is 1. The zero-order chi connectivity index (χ0) is 11.0. The van der Waals surface area contributed by atoms with E-state index >= 15 is 0 Å². The highest BCUT2D eigenvalue weighted by molar-refractivity contribution is 5.66. The highest BCUT2D eigenvalue weighted by Gasteiger charge is 2.24. The molecule has 0 amide bonds.